The number of hydrogen-bond donors (Lipinski definition) is 0. The number of hydrogen-bond acceptors (Lipinski definition) is 2. The number of ether oxygens (including phenoxy) is 1. The summed E-state index contributed by atoms with van der Waals surface area (Å²) >= 11 is 0. The molecule has 6 heteroatoms. The van der Waals surface area contributed by atoms with Crippen LogP contribution < -0.4 is 34.0 Å². The van der Waals surface area contributed by atoms with E-state index in [0.29, 0.717) is 13.0 Å². The zero-order valence-electron chi connectivity index (χ0n) is 16.0. The van der Waals surface area contributed by atoms with Crippen molar-refractivity contribution in [3.63, 3.8) is 0 Å². The predicted molar refractivity (Wildman–Crippen MR) is 89.1 cm³/mol. The van der Waals surface area contributed by atoms with E-state index in [2.05, 4.69) is 41.5 Å². The Kier molecular flexibility index (Phi) is 18.0. The topological polar surface area (TPSA) is 26.3 Å². The van der Waals surface area contributed by atoms with E-state index in [1.807, 2.05) is 0 Å². The van der Waals surface area contributed by atoms with Gasteiger partial charge in [0.25, 0.3) is 0 Å². The normalized spacial score (nSPS) is 11.4. The van der Waals surface area contributed by atoms with Gasteiger partial charge in [-0.15, -0.1) is 0 Å². The number of esters is 1. The standard InChI is InChI=1S/C17H38N2O2.2BrH/c1-7-18(8-2,9-3)14-13-17(20)21-16-15-19(10-4,11-5)12-6;;/h7-16H2,1-6H3;2*1H/q+2;;/p-2. The summed E-state index contributed by atoms with van der Waals surface area (Å²) in [5.41, 5.74) is 0. The van der Waals surface area contributed by atoms with Gasteiger partial charge >= 0.3 is 5.97 Å². The number of rotatable bonds is 12. The quantitative estimate of drug-likeness (QED) is 0.224. The van der Waals surface area contributed by atoms with Crippen molar-refractivity contribution >= 4 is 5.97 Å². The Balaban J connectivity index is -0.00000200. The Hall–Kier alpha value is 0.350. The van der Waals surface area contributed by atoms with Crippen LogP contribution in [0.25, 0.3) is 0 Å². The Morgan fingerprint density at radius 1 is 0.696 bits per heavy atom. The van der Waals surface area contributed by atoms with Gasteiger partial charge in [-0.3, -0.25) is 4.79 Å². The van der Waals surface area contributed by atoms with Gasteiger partial charge in [-0.25, -0.2) is 0 Å². The summed E-state index contributed by atoms with van der Waals surface area (Å²) in [4.78, 5) is 11.9. The number of quaternary nitrogens is 2. The van der Waals surface area contributed by atoms with Crippen molar-refractivity contribution in [2.75, 3.05) is 59.0 Å². The highest BCUT2D eigenvalue weighted by Crippen LogP contribution is 2.09. The third-order valence-corrected chi connectivity index (χ3v) is 5.64. The van der Waals surface area contributed by atoms with E-state index < -0.39 is 0 Å². The van der Waals surface area contributed by atoms with Gasteiger partial charge in [0.2, 0.25) is 0 Å². The monoisotopic (exact) mass is 460 g/mol. The molecule has 0 bridgehead atoms. The minimum Gasteiger partial charge on any atom is -1.00 e. The zero-order valence-corrected chi connectivity index (χ0v) is 19.2. The molecule has 0 aromatic heterocycles. The summed E-state index contributed by atoms with van der Waals surface area (Å²) in [6, 6.07) is 0. The van der Waals surface area contributed by atoms with Crippen LogP contribution in [0.2, 0.25) is 0 Å². The lowest BCUT2D eigenvalue weighted by atomic mass is 10.3. The van der Waals surface area contributed by atoms with E-state index in [0.717, 1.165) is 61.3 Å². The van der Waals surface area contributed by atoms with Crippen molar-refractivity contribution in [2.24, 2.45) is 0 Å². The van der Waals surface area contributed by atoms with Gasteiger partial charge in [0.05, 0.1) is 52.2 Å². The largest absolute Gasteiger partial charge is 1.00 e. The molecule has 142 valence electrons. The molecule has 0 heterocycles. The van der Waals surface area contributed by atoms with Crippen LogP contribution in [0.4, 0.5) is 0 Å². The summed E-state index contributed by atoms with van der Waals surface area (Å²) < 4.78 is 7.51. The molecule has 0 rings (SSSR count). The molecule has 0 saturated heterocycles. The average molecular weight is 462 g/mol. The van der Waals surface area contributed by atoms with Crippen LogP contribution in [0, 0.1) is 0 Å². The van der Waals surface area contributed by atoms with E-state index in [1.54, 1.807) is 0 Å². The second kappa shape index (κ2) is 14.7. The lowest BCUT2D eigenvalue weighted by molar-refractivity contribution is -0.923. The minimum atomic E-state index is -0.0331. The molecule has 0 amide bonds. The summed E-state index contributed by atoms with van der Waals surface area (Å²) in [7, 11) is 0. The van der Waals surface area contributed by atoms with Gasteiger partial charge in [-0.05, 0) is 41.5 Å². The summed E-state index contributed by atoms with van der Waals surface area (Å²) in [6.07, 6.45) is 0.542. The molecule has 0 fully saturated rings. The summed E-state index contributed by atoms with van der Waals surface area (Å²) in [5, 5.41) is 0. The van der Waals surface area contributed by atoms with E-state index in [1.165, 1.54) is 0 Å². The number of carbonyl (C=O) groups is 1. The van der Waals surface area contributed by atoms with E-state index in [4.69, 9.17) is 4.74 Å². The second-order valence-corrected chi connectivity index (χ2v) is 6.00. The summed E-state index contributed by atoms with van der Waals surface area (Å²) in [5.74, 6) is -0.0331. The van der Waals surface area contributed by atoms with Gasteiger partial charge in [-0.1, -0.05) is 0 Å². The van der Waals surface area contributed by atoms with Crippen molar-refractivity contribution in [1.82, 2.24) is 0 Å². The van der Waals surface area contributed by atoms with Crippen LogP contribution in [0.15, 0.2) is 0 Å². The SMILES string of the molecule is CC[N+](CC)(CC)CCOC(=O)CC[N+](CC)(CC)CC.[Br-].[Br-]. The lowest BCUT2D eigenvalue weighted by Crippen LogP contribution is -3.00. The fraction of sp³-hybridized carbons (Fsp3) is 0.941. The maximum Gasteiger partial charge on any atom is 0.311 e. The third kappa shape index (κ3) is 9.42. The molecule has 0 aromatic carbocycles. The molecule has 0 radical (unpaired) electrons. The van der Waals surface area contributed by atoms with Crippen LogP contribution in [0.3, 0.4) is 0 Å². The van der Waals surface area contributed by atoms with Crippen LogP contribution in [0.1, 0.15) is 48.0 Å². The third-order valence-electron chi connectivity index (χ3n) is 5.64. The molecule has 0 N–H and O–H groups in total. The first-order chi connectivity index (χ1) is 9.96. The van der Waals surface area contributed by atoms with E-state index >= 15 is 0 Å². The van der Waals surface area contributed by atoms with E-state index in [-0.39, 0.29) is 39.9 Å². The molecule has 0 unspecified atom stereocenters. The molecule has 0 aliphatic rings. The van der Waals surface area contributed by atoms with Crippen LogP contribution >= 0.6 is 0 Å². The Labute approximate surface area is 165 Å². The molecule has 0 aliphatic heterocycles. The van der Waals surface area contributed by atoms with Gasteiger partial charge in [0.15, 0.2) is 0 Å². The molecule has 4 nitrogen and oxygen atoms in total. The highest BCUT2D eigenvalue weighted by molar-refractivity contribution is 5.69. The van der Waals surface area contributed by atoms with Crippen molar-refractivity contribution in [2.45, 2.75) is 48.0 Å². The molecule has 0 atom stereocenters. The number of halogens is 2. The second-order valence-electron chi connectivity index (χ2n) is 6.00. The Morgan fingerprint density at radius 2 is 1.04 bits per heavy atom. The first-order valence-electron chi connectivity index (χ1n) is 8.82. The van der Waals surface area contributed by atoms with Gasteiger partial charge in [0, 0.05) is 0 Å². The molecule has 0 spiro atoms. The lowest BCUT2D eigenvalue weighted by Gasteiger charge is -2.36. The summed E-state index contributed by atoms with van der Waals surface area (Å²) in [6.45, 7) is 22.2. The van der Waals surface area contributed by atoms with Crippen LogP contribution in [-0.2, 0) is 9.53 Å². The molecule has 23 heavy (non-hydrogen) atoms. The van der Waals surface area contributed by atoms with E-state index in [9.17, 15) is 4.79 Å². The van der Waals surface area contributed by atoms with Crippen LogP contribution in [0.5, 0.6) is 0 Å². The van der Waals surface area contributed by atoms with Crippen molar-refractivity contribution in [3.05, 3.63) is 0 Å². The first kappa shape index (κ1) is 28.2. The van der Waals surface area contributed by atoms with Crippen molar-refractivity contribution in [3.8, 4) is 0 Å². The highest BCUT2D eigenvalue weighted by Gasteiger charge is 2.24. The fourth-order valence-electron chi connectivity index (χ4n) is 3.04. The molecule has 0 aliphatic carbocycles. The first-order valence-corrected chi connectivity index (χ1v) is 8.82. The van der Waals surface area contributed by atoms with Crippen molar-refractivity contribution < 1.29 is 52.5 Å². The number of likely N-dealkylation sites (N-methyl/N-ethyl adjacent to an activating group) is 1. The zero-order chi connectivity index (χ0) is 16.4. The van der Waals surface area contributed by atoms with Crippen molar-refractivity contribution in [1.29, 1.82) is 0 Å². The van der Waals surface area contributed by atoms with Gasteiger partial charge < -0.3 is 47.7 Å². The minimum absolute atomic E-state index is 0. The number of nitrogens with zero attached hydrogens (tertiary/aromatic N) is 2. The highest BCUT2D eigenvalue weighted by atomic mass is 79.9. The number of carbonyl (C=O) groups excluding carboxylic acids is 1. The van der Waals surface area contributed by atoms with Gasteiger partial charge in [-0.2, -0.15) is 0 Å². The predicted octanol–water partition coefficient (Wildman–Crippen LogP) is -3.32. The maximum atomic E-state index is 11.9. The average Bonchev–Trinajstić information content (AvgIpc) is 2.54. The van der Waals surface area contributed by atoms with Gasteiger partial charge in [0.1, 0.15) is 13.2 Å². The molecular formula is C17H38Br2N2O2. The molecule has 0 aromatic rings. The molecule has 0 saturated carbocycles. The Morgan fingerprint density at radius 3 is 1.39 bits per heavy atom. The smallest absolute Gasteiger partial charge is 0.311 e. The van der Waals surface area contributed by atoms with Crippen LogP contribution in [-0.4, -0.2) is 73.9 Å². The maximum absolute atomic E-state index is 11.9. The molecular weight excluding hydrogens is 424 g/mol. The fourth-order valence-corrected chi connectivity index (χ4v) is 3.04. The Bertz CT molecular complexity index is 278.